The van der Waals surface area contributed by atoms with E-state index in [-0.39, 0.29) is 6.61 Å². The van der Waals surface area contributed by atoms with Gasteiger partial charge in [-0.25, -0.2) is 9.59 Å². The average Bonchev–Trinajstić information content (AvgIpc) is 2.91. The lowest BCUT2D eigenvalue weighted by Crippen LogP contribution is -2.32. The van der Waals surface area contributed by atoms with Gasteiger partial charge in [-0.05, 0) is 23.3 Å². The van der Waals surface area contributed by atoms with Gasteiger partial charge in [0.15, 0.2) is 0 Å². The van der Waals surface area contributed by atoms with Gasteiger partial charge >= 0.3 is 12.2 Å². The molecule has 2 amide bonds. The van der Waals surface area contributed by atoms with Crippen molar-refractivity contribution in [1.82, 2.24) is 0 Å². The first-order chi connectivity index (χ1) is 14.6. The Bertz CT molecular complexity index is 1110. The third kappa shape index (κ3) is 4.00. The Kier molecular flexibility index (Phi) is 5.43. The predicted molar refractivity (Wildman–Crippen MR) is 113 cm³/mol. The number of primary amides is 1. The minimum atomic E-state index is -0.909. The molecule has 1 aliphatic rings. The van der Waals surface area contributed by atoms with Crippen molar-refractivity contribution in [2.75, 3.05) is 4.90 Å². The number of hydrogen-bond acceptors (Lipinski definition) is 5. The van der Waals surface area contributed by atoms with Gasteiger partial charge in [0.25, 0.3) is 0 Å². The SMILES string of the molecule is NC(=O)N1c2ccccc2C/C(=N/OC(=O)OCc2ccccc2)c2ccccc21. The van der Waals surface area contributed by atoms with Crippen LogP contribution in [0.2, 0.25) is 0 Å². The van der Waals surface area contributed by atoms with Crippen LogP contribution < -0.4 is 10.6 Å². The zero-order chi connectivity index (χ0) is 20.9. The highest BCUT2D eigenvalue weighted by Crippen LogP contribution is 2.36. The van der Waals surface area contributed by atoms with E-state index in [1.165, 1.54) is 4.90 Å². The van der Waals surface area contributed by atoms with Crippen LogP contribution in [0.15, 0.2) is 84.0 Å². The maximum atomic E-state index is 12.2. The number of hydrogen-bond donors (Lipinski definition) is 1. The number of carbonyl (C=O) groups is 2. The monoisotopic (exact) mass is 401 g/mol. The molecule has 3 aromatic rings. The van der Waals surface area contributed by atoms with Crippen LogP contribution in [-0.4, -0.2) is 17.9 Å². The third-order valence-electron chi connectivity index (χ3n) is 4.70. The summed E-state index contributed by atoms with van der Waals surface area (Å²) in [7, 11) is 0. The number of urea groups is 1. The molecule has 2 N–H and O–H groups in total. The van der Waals surface area contributed by atoms with Crippen LogP contribution in [0.25, 0.3) is 0 Å². The Labute approximate surface area is 173 Å². The number of ether oxygens (including phenoxy) is 1. The number of nitrogens with two attached hydrogens (primary N) is 1. The largest absolute Gasteiger partial charge is 0.535 e. The Morgan fingerprint density at radius 3 is 2.33 bits per heavy atom. The van der Waals surface area contributed by atoms with Gasteiger partial charge in [0, 0.05) is 12.0 Å². The molecule has 0 atom stereocenters. The maximum Gasteiger partial charge on any atom is 0.535 e. The predicted octanol–water partition coefficient (Wildman–Crippen LogP) is 4.52. The summed E-state index contributed by atoms with van der Waals surface area (Å²) in [5, 5.41) is 4.05. The number of amides is 2. The Balaban J connectivity index is 1.62. The summed E-state index contributed by atoms with van der Waals surface area (Å²) in [5.74, 6) is 0. The van der Waals surface area contributed by atoms with E-state index in [9.17, 15) is 9.59 Å². The fraction of sp³-hybridized carbons (Fsp3) is 0.0870. The highest BCUT2D eigenvalue weighted by Gasteiger charge is 2.27. The van der Waals surface area contributed by atoms with Gasteiger partial charge in [-0.3, -0.25) is 9.74 Å². The average molecular weight is 401 g/mol. The molecule has 7 heteroatoms. The van der Waals surface area contributed by atoms with Gasteiger partial charge in [-0.2, -0.15) is 0 Å². The van der Waals surface area contributed by atoms with E-state index in [4.69, 9.17) is 15.3 Å². The van der Waals surface area contributed by atoms with Crippen LogP contribution in [0.1, 0.15) is 16.7 Å². The van der Waals surface area contributed by atoms with E-state index in [1.807, 2.05) is 60.7 Å². The number of fused-ring (bicyclic) bond motifs is 2. The quantitative estimate of drug-likeness (QED) is 0.397. The molecule has 0 spiro atoms. The molecule has 0 aromatic heterocycles. The lowest BCUT2D eigenvalue weighted by atomic mass is 10.0. The van der Waals surface area contributed by atoms with Gasteiger partial charge in [0.05, 0.1) is 17.1 Å². The first-order valence-corrected chi connectivity index (χ1v) is 9.35. The topological polar surface area (TPSA) is 94.2 Å². The Hall–Kier alpha value is -4.13. The number of benzene rings is 3. The normalized spacial score (nSPS) is 13.7. The van der Waals surface area contributed by atoms with Crippen LogP contribution >= 0.6 is 0 Å². The second-order valence-electron chi connectivity index (χ2n) is 6.65. The third-order valence-corrected chi connectivity index (χ3v) is 4.70. The zero-order valence-electron chi connectivity index (χ0n) is 16.0. The number of nitrogens with zero attached hydrogens (tertiary/aromatic N) is 2. The van der Waals surface area contributed by atoms with Crippen molar-refractivity contribution in [2.45, 2.75) is 13.0 Å². The number of para-hydroxylation sites is 2. The molecule has 4 rings (SSSR count). The van der Waals surface area contributed by atoms with Gasteiger partial charge in [-0.15, -0.1) is 0 Å². The van der Waals surface area contributed by atoms with Crippen molar-refractivity contribution >= 4 is 29.3 Å². The summed E-state index contributed by atoms with van der Waals surface area (Å²) in [5.41, 5.74) is 9.69. The zero-order valence-corrected chi connectivity index (χ0v) is 16.0. The van der Waals surface area contributed by atoms with E-state index in [0.717, 1.165) is 11.1 Å². The van der Waals surface area contributed by atoms with Gasteiger partial charge in [0.1, 0.15) is 6.61 Å². The van der Waals surface area contributed by atoms with E-state index >= 15 is 0 Å². The summed E-state index contributed by atoms with van der Waals surface area (Å²) in [4.78, 5) is 30.7. The molecule has 1 heterocycles. The fourth-order valence-electron chi connectivity index (χ4n) is 3.35. The Morgan fingerprint density at radius 1 is 0.900 bits per heavy atom. The van der Waals surface area contributed by atoms with Crippen LogP contribution in [0.4, 0.5) is 21.0 Å². The van der Waals surface area contributed by atoms with Crippen molar-refractivity contribution in [3.05, 3.63) is 95.6 Å². The smallest absolute Gasteiger partial charge is 0.428 e. The molecule has 0 unspecified atom stereocenters. The van der Waals surface area contributed by atoms with Crippen LogP contribution in [-0.2, 0) is 22.6 Å². The molecule has 0 saturated heterocycles. The van der Waals surface area contributed by atoms with Crippen LogP contribution in [0.3, 0.4) is 0 Å². The lowest BCUT2D eigenvalue weighted by molar-refractivity contribution is 0.0518. The van der Waals surface area contributed by atoms with E-state index in [1.54, 1.807) is 18.2 Å². The van der Waals surface area contributed by atoms with Crippen LogP contribution in [0.5, 0.6) is 0 Å². The molecule has 150 valence electrons. The minimum Gasteiger partial charge on any atom is -0.428 e. The Morgan fingerprint density at radius 2 is 1.57 bits per heavy atom. The second kappa shape index (κ2) is 8.48. The first kappa shape index (κ1) is 19.2. The molecule has 7 nitrogen and oxygen atoms in total. The van der Waals surface area contributed by atoms with E-state index in [2.05, 4.69) is 5.16 Å². The summed E-state index contributed by atoms with van der Waals surface area (Å²) < 4.78 is 5.11. The molecule has 0 bridgehead atoms. The van der Waals surface area contributed by atoms with Gasteiger partial charge in [-0.1, -0.05) is 71.9 Å². The molecule has 0 radical (unpaired) electrons. The molecule has 0 fully saturated rings. The van der Waals surface area contributed by atoms with Crippen LogP contribution in [0, 0.1) is 0 Å². The van der Waals surface area contributed by atoms with Crippen molar-refractivity contribution in [2.24, 2.45) is 10.9 Å². The van der Waals surface area contributed by atoms with Gasteiger partial charge < -0.3 is 10.5 Å². The maximum absolute atomic E-state index is 12.2. The van der Waals surface area contributed by atoms with Crippen molar-refractivity contribution < 1.29 is 19.2 Å². The number of carbonyl (C=O) groups excluding carboxylic acids is 2. The van der Waals surface area contributed by atoms with Crippen molar-refractivity contribution in [3.8, 4) is 0 Å². The minimum absolute atomic E-state index is 0.0827. The summed E-state index contributed by atoms with van der Waals surface area (Å²) in [6, 6.07) is 23.2. The summed E-state index contributed by atoms with van der Waals surface area (Å²) in [6.07, 6.45) is -0.559. The van der Waals surface area contributed by atoms with E-state index < -0.39 is 12.2 Å². The lowest BCUT2D eigenvalue weighted by Gasteiger charge is -2.22. The van der Waals surface area contributed by atoms with Gasteiger partial charge in [0.2, 0.25) is 0 Å². The number of anilines is 2. The molecule has 1 aliphatic heterocycles. The molecule has 30 heavy (non-hydrogen) atoms. The summed E-state index contributed by atoms with van der Waals surface area (Å²) >= 11 is 0. The second-order valence-corrected chi connectivity index (χ2v) is 6.65. The van der Waals surface area contributed by atoms with Crippen molar-refractivity contribution in [1.29, 1.82) is 0 Å². The number of rotatable bonds is 3. The standard InChI is InChI=1S/C23H19N3O4/c24-22(27)26-20-12-6-4-10-17(20)14-19(18-11-5-7-13-21(18)26)25-30-23(28)29-15-16-8-2-1-3-9-16/h1-13H,14-15H2,(H2,24,27)/b25-19-. The molecular formula is C23H19N3O4. The highest BCUT2D eigenvalue weighted by molar-refractivity contribution is 6.13. The number of oxime groups is 1. The first-order valence-electron chi connectivity index (χ1n) is 9.35. The molecular weight excluding hydrogens is 382 g/mol. The molecule has 3 aromatic carbocycles. The van der Waals surface area contributed by atoms with E-state index in [0.29, 0.717) is 29.1 Å². The molecule has 0 aliphatic carbocycles. The fourth-order valence-corrected chi connectivity index (χ4v) is 3.35. The van der Waals surface area contributed by atoms with Crippen molar-refractivity contribution in [3.63, 3.8) is 0 Å². The highest BCUT2D eigenvalue weighted by atomic mass is 16.8. The summed E-state index contributed by atoms with van der Waals surface area (Å²) in [6.45, 7) is 0.0827. The molecule has 0 saturated carbocycles.